The van der Waals surface area contributed by atoms with Crippen LogP contribution in [0.4, 0.5) is 5.69 Å². The van der Waals surface area contributed by atoms with Crippen LogP contribution in [-0.2, 0) is 29.1 Å². The third-order valence-electron chi connectivity index (χ3n) is 7.16. The summed E-state index contributed by atoms with van der Waals surface area (Å²) in [5.41, 5.74) is 8.41. The van der Waals surface area contributed by atoms with Crippen molar-refractivity contribution in [3.05, 3.63) is 107 Å². The van der Waals surface area contributed by atoms with E-state index in [1.54, 1.807) is 11.6 Å². The van der Waals surface area contributed by atoms with Crippen molar-refractivity contribution in [1.29, 1.82) is 0 Å². The number of hydroxylamine groups is 1. The molecule has 38 heavy (non-hydrogen) atoms. The van der Waals surface area contributed by atoms with Crippen molar-refractivity contribution in [2.24, 2.45) is 0 Å². The second kappa shape index (κ2) is 11.5. The number of amides is 2. The Morgan fingerprint density at radius 1 is 1.08 bits per heavy atom. The van der Waals surface area contributed by atoms with Gasteiger partial charge in [0.1, 0.15) is 0 Å². The summed E-state index contributed by atoms with van der Waals surface area (Å²) in [6.07, 6.45) is 7.19. The minimum atomic E-state index is -0.545. The zero-order valence-electron chi connectivity index (χ0n) is 21.4. The van der Waals surface area contributed by atoms with Gasteiger partial charge in [0, 0.05) is 56.1 Å². The molecule has 0 aliphatic heterocycles. The highest BCUT2D eigenvalue weighted by Gasteiger charge is 2.28. The van der Waals surface area contributed by atoms with Gasteiger partial charge in [0.2, 0.25) is 5.91 Å². The summed E-state index contributed by atoms with van der Waals surface area (Å²) in [6.45, 7) is 4.07. The maximum Gasteiger partial charge on any atom is 0.267 e. The maximum absolute atomic E-state index is 11.4. The summed E-state index contributed by atoms with van der Waals surface area (Å²) in [5.74, 6) is -0.622. The first-order valence-corrected chi connectivity index (χ1v) is 12.9. The van der Waals surface area contributed by atoms with E-state index in [1.807, 2.05) is 18.2 Å². The van der Waals surface area contributed by atoms with Gasteiger partial charge in [0.05, 0.1) is 0 Å². The number of carbonyl (C=O) groups excluding carboxylic acids is 2. The number of nitrogens with one attached hydrogen (secondary N) is 2. The lowest BCUT2D eigenvalue weighted by Gasteiger charge is -2.30. The van der Waals surface area contributed by atoms with Gasteiger partial charge in [-0.1, -0.05) is 48.5 Å². The zero-order chi connectivity index (χ0) is 26.5. The molecule has 1 aliphatic carbocycles. The van der Waals surface area contributed by atoms with Gasteiger partial charge < -0.3 is 9.88 Å². The van der Waals surface area contributed by atoms with Crippen LogP contribution in [0.25, 0.3) is 17.0 Å². The molecule has 0 spiro atoms. The monoisotopic (exact) mass is 508 g/mol. The molecule has 1 aromatic heterocycles. The number of fused-ring (bicyclic) bond motifs is 2. The Morgan fingerprint density at radius 2 is 1.89 bits per heavy atom. The molecule has 1 heterocycles. The number of hydrogen-bond donors (Lipinski definition) is 3. The molecular formula is C31H32N4O3. The number of aryl methyl sites for hydroxylation is 1. The number of rotatable bonds is 9. The third kappa shape index (κ3) is 5.85. The Hall–Kier alpha value is -4.20. The Labute approximate surface area is 222 Å². The summed E-state index contributed by atoms with van der Waals surface area (Å²) >= 11 is 0. The highest BCUT2D eigenvalue weighted by atomic mass is 16.5. The number of hydrogen-bond acceptors (Lipinski definition) is 4. The summed E-state index contributed by atoms with van der Waals surface area (Å²) in [6, 6.07) is 25.3. The topological polar surface area (TPSA) is 86.6 Å². The molecule has 7 heteroatoms. The van der Waals surface area contributed by atoms with Crippen LogP contribution < -0.4 is 10.8 Å². The third-order valence-corrected chi connectivity index (χ3v) is 7.16. The summed E-state index contributed by atoms with van der Waals surface area (Å²) in [5, 5.41) is 12.8. The number of benzene rings is 3. The molecule has 194 valence electrons. The minimum Gasteiger partial charge on any atom is -0.346 e. The first-order chi connectivity index (χ1) is 18.5. The number of carbonyl (C=O) groups is 2. The molecular weight excluding hydrogens is 476 g/mol. The van der Waals surface area contributed by atoms with Crippen LogP contribution in [0.5, 0.6) is 0 Å². The van der Waals surface area contributed by atoms with Crippen molar-refractivity contribution < 1.29 is 14.8 Å². The van der Waals surface area contributed by atoms with Gasteiger partial charge in [-0.05, 0) is 70.8 Å². The quantitative estimate of drug-likeness (QED) is 0.163. The number of para-hydroxylation sites is 1. The zero-order valence-corrected chi connectivity index (χ0v) is 21.4. The fraction of sp³-hybridized carbons (Fsp3) is 0.226. The Bertz CT molecular complexity index is 1470. The van der Waals surface area contributed by atoms with Crippen molar-refractivity contribution in [2.75, 3.05) is 11.9 Å². The van der Waals surface area contributed by atoms with E-state index in [4.69, 9.17) is 5.21 Å². The molecule has 3 N–H and O–H groups in total. The van der Waals surface area contributed by atoms with E-state index in [0.717, 1.165) is 43.7 Å². The Morgan fingerprint density at radius 3 is 2.68 bits per heavy atom. The molecule has 5 rings (SSSR count). The van der Waals surface area contributed by atoms with Gasteiger partial charge in [0.25, 0.3) is 5.91 Å². The molecule has 0 fully saturated rings. The molecule has 7 nitrogen and oxygen atoms in total. The molecule has 0 bridgehead atoms. The normalized spacial score (nSPS) is 14.8. The van der Waals surface area contributed by atoms with Crippen molar-refractivity contribution in [3.63, 3.8) is 0 Å². The molecule has 1 aliphatic rings. The highest BCUT2D eigenvalue weighted by Crippen LogP contribution is 2.37. The molecule has 0 saturated carbocycles. The predicted molar refractivity (Wildman–Crippen MR) is 150 cm³/mol. The van der Waals surface area contributed by atoms with Crippen molar-refractivity contribution in [2.45, 2.75) is 38.9 Å². The van der Waals surface area contributed by atoms with E-state index >= 15 is 0 Å². The summed E-state index contributed by atoms with van der Waals surface area (Å²) in [4.78, 5) is 25.3. The number of anilines is 1. The first kappa shape index (κ1) is 25.4. The van der Waals surface area contributed by atoms with Gasteiger partial charge in [-0.3, -0.25) is 19.7 Å². The average molecular weight is 509 g/mol. The second-order valence-corrected chi connectivity index (χ2v) is 9.74. The molecule has 4 aromatic rings. The molecule has 1 unspecified atom stereocenters. The van der Waals surface area contributed by atoms with Crippen molar-refractivity contribution in [3.8, 4) is 0 Å². The van der Waals surface area contributed by atoms with Gasteiger partial charge in [0.15, 0.2) is 0 Å². The van der Waals surface area contributed by atoms with Gasteiger partial charge >= 0.3 is 0 Å². The van der Waals surface area contributed by atoms with Crippen LogP contribution >= 0.6 is 0 Å². The molecule has 0 radical (unpaired) electrons. The van der Waals surface area contributed by atoms with Gasteiger partial charge in [-0.25, -0.2) is 5.48 Å². The van der Waals surface area contributed by atoms with E-state index in [0.29, 0.717) is 0 Å². The van der Waals surface area contributed by atoms with E-state index in [9.17, 15) is 9.59 Å². The van der Waals surface area contributed by atoms with Crippen molar-refractivity contribution >= 4 is 34.5 Å². The van der Waals surface area contributed by atoms with E-state index in [1.165, 1.54) is 40.6 Å². The molecule has 1 atom stereocenters. The van der Waals surface area contributed by atoms with Crippen LogP contribution in [0.3, 0.4) is 0 Å². The lowest BCUT2D eigenvalue weighted by atomic mass is 10.0. The van der Waals surface area contributed by atoms with Crippen LogP contribution in [0.2, 0.25) is 0 Å². The second-order valence-electron chi connectivity index (χ2n) is 9.74. The van der Waals surface area contributed by atoms with Crippen LogP contribution in [0, 0.1) is 0 Å². The number of aromatic nitrogens is 1. The van der Waals surface area contributed by atoms with Crippen LogP contribution in [0.1, 0.15) is 41.6 Å². The fourth-order valence-corrected chi connectivity index (χ4v) is 5.36. The standard InChI is InChI=1S/C31H32N4O3/c1-22(36)32-27-11-6-24(7-12-27)21-35(19-18-34-17-16-25-4-2-3-5-29(25)34)30-14-10-26-20-23(8-13-28(26)30)9-15-31(37)33-38/h2-9,11-13,15-17,20,30,38H,10,14,18-19,21H2,1H3,(H,32,36)(H,33,37). The fourth-order valence-electron chi connectivity index (χ4n) is 5.36. The van der Waals surface area contributed by atoms with E-state index in [2.05, 4.69) is 75.6 Å². The SMILES string of the molecule is CC(=O)Nc1ccc(CN(CCn2ccc3ccccc32)C2CCc3cc(C=CC(=O)NO)ccc32)cc1. The van der Waals surface area contributed by atoms with Crippen LogP contribution in [-0.4, -0.2) is 33.0 Å². The Balaban J connectivity index is 1.38. The van der Waals surface area contributed by atoms with Crippen LogP contribution in [0.15, 0.2) is 85.1 Å². The predicted octanol–water partition coefficient (Wildman–Crippen LogP) is 5.31. The molecule has 2 amide bonds. The van der Waals surface area contributed by atoms with Gasteiger partial charge in [-0.2, -0.15) is 0 Å². The summed E-state index contributed by atoms with van der Waals surface area (Å²) < 4.78 is 2.32. The lowest BCUT2D eigenvalue weighted by Crippen LogP contribution is -2.30. The Kier molecular flexibility index (Phi) is 7.67. The molecule has 0 saturated heterocycles. The first-order valence-electron chi connectivity index (χ1n) is 12.9. The van der Waals surface area contributed by atoms with Crippen molar-refractivity contribution in [1.82, 2.24) is 14.9 Å². The van der Waals surface area contributed by atoms with Gasteiger partial charge in [-0.15, -0.1) is 0 Å². The average Bonchev–Trinajstić information content (AvgIpc) is 3.54. The van der Waals surface area contributed by atoms with E-state index < -0.39 is 5.91 Å². The highest BCUT2D eigenvalue weighted by molar-refractivity contribution is 5.91. The smallest absolute Gasteiger partial charge is 0.267 e. The minimum absolute atomic E-state index is 0.0768. The molecule has 3 aromatic carbocycles. The largest absolute Gasteiger partial charge is 0.346 e. The summed E-state index contributed by atoms with van der Waals surface area (Å²) in [7, 11) is 0. The van der Waals surface area contributed by atoms with E-state index in [-0.39, 0.29) is 11.9 Å². The maximum atomic E-state index is 11.4. The number of nitrogens with zero attached hydrogens (tertiary/aromatic N) is 2. The lowest BCUT2D eigenvalue weighted by molar-refractivity contribution is -0.124.